The Labute approximate surface area is 115 Å². The average Bonchev–Trinajstić information content (AvgIpc) is 2.36. The van der Waals surface area contributed by atoms with Crippen LogP contribution in [0.2, 0.25) is 0 Å². The summed E-state index contributed by atoms with van der Waals surface area (Å²) in [7, 11) is 1.50. The third-order valence-corrected chi connectivity index (χ3v) is 3.36. The molecule has 1 saturated carbocycles. The van der Waals surface area contributed by atoms with Crippen LogP contribution in [-0.4, -0.2) is 43.4 Å². The third-order valence-electron chi connectivity index (χ3n) is 3.36. The Balaban J connectivity index is 0.00000289. The van der Waals surface area contributed by atoms with Crippen LogP contribution in [0.3, 0.4) is 0 Å². The first-order valence-electron chi connectivity index (χ1n) is 6.35. The number of aliphatic hydroxyl groups is 1. The zero-order valence-corrected chi connectivity index (χ0v) is 11.7. The van der Waals surface area contributed by atoms with Gasteiger partial charge in [0.1, 0.15) is 6.04 Å². The van der Waals surface area contributed by atoms with E-state index < -0.39 is 12.1 Å². The van der Waals surface area contributed by atoms with E-state index >= 15 is 0 Å². The number of methoxy groups -OCH3 is 1. The van der Waals surface area contributed by atoms with Crippen molar-refractivity contribution in [3.63, 3.8) is 0 Å². The van der Waals surface area contributed by atoms with E-state index in [1.165, 1.54) is 26.4 Å². The summed E-state index contributed by atoms with van der Waals surface area (Å²) in [6.45, 7) is 0.492. The Hall–Kier alpha value is -0.360. The van der Waals surface area contributed by atoms with Crippen LogP contribution >= 0.6 is 12.4 Å². The van der Waals surface area contributed by atoms with Gasteiger partial charge in [0.2, 0.25) is 5.91 Å². The molecule has 0 bridgehead atoms. The number of halogens is 1. The van der Waals surface area contributed by atoms with E-state index in [9.17, 15) is 9.90 Å². The van der Waals surface area contributed by atoms with Gasteiger partial charge in [-0.3, -0.25) is 4.79 Å². The van der Waals surface area contributed by atoms with Gasteiger partial charge in [0.25, 0.3) is 0 Å². The van der Waals surface area contributed by atoms with Gasteiger partial charge in [0.15, 0.2) is 0 Å². The molecule has 4 N–H and O–H groups in total. The lowest BCUT2D eigenvalue weighted by Gasteiger charge is -2.27. The van der Waals surface area contributed by atoms with Crippen molar-refractivity contribution in [2.24, 2.45) is 11.7 Å². The number of amides is 1. The number of nitrogens with two attached hydrogens (primary N) is 1. The highest BCUT2D eigenvalue weighted by Crippen LogP contribution is 2.26. The van der Waals surface area contributed by atoms with E-state index in [1.807, 2.05) is 0 Å². The number of carbonyl (C=O) groups is 1. The molecule has 0 saturated heterocycles. The van der Waals surface area contributed by atoms with Crippen LogP contribution < -0.4 is 11.1 Å². The van der Waals surface area contributed by atoms with Crippen LogP contribution in [0.4, 0.5) is 0 Å². The molecule has 1 aliphatic rings. The monoisotopic (exact) mass is 280 g/mol. The highest BCUT2D eigenvalue weighted by Gasteiger charge is 2.22. The lowest BCUT2D eigenvalue weighted by molar-refractivity contribution is -0.124. The zero-order chi connectivity index (χ0) is 12.7. The zero-order valence-electron chi connectivity index (χ0n) is 10.9. The molecule has 1 amide bonds. The summed E-state index contributed by atoms with van der Waals surface area (Å²) in [6.07, 6.45) is 5.28. The fourth-order valence-electron chi connectivity index (χ4n) is 2.28. The number of carbonyl (C=O) groups excluding carboxylic acids is 1. The molecule has 2 unspecified atom stereocenters. The molecule has 0 heterocycles. The minimum atomic E-state index is -0.654. The molecule has 1 fully saturated rings. The quantitative estimate of drug-likeness (QED) is 0.659. The molecule has 0 aliphatic heterocycles. The Morgan fingerprint density at radius 1 is 1.44 bits per heavy atom. The highest BCUT2D eigenvalue weighted by atomic mass is 35.5. The van der Waals surface area contributed by atoms with Crippen molar-refractivity contribution >= 4 is 18.3 Å². The van der Waals surface area contributed by atoms with Crippen LogP contribution in [0.5, 0.6) is 0 Å². The highest BCUT2D eigenvalue weighted by molar-refractivity contribution is 5.85. The molecule has 1 aliphatic carbocycles. The summed E-state index contributed by atoms with van der Waals surface area (Å²) in [4.78, 5) is 11.5. The predicted molar refractivity (Wildman–Crippen MR) is 72.7 cm³/mol. The van der Waals surface area contributed by atoms with Gasteiger partial charge in [-0.1, -0.05) is 19.3 Å². The molecule has 5 nitrogen and oxygen atoms in total. The van der Waals surface area contributed by atoms with Crippen LogP contribution in [-0.2, 0) is 9.53 Å². The Kier molecular flexibility index (Phi) is 9.36. The van der Waals surface area contributed by atoms with Gasteiger partial charge in [0.05, 0.1) is 12.7 Å². The second-order valence-corrected chi connectivity index (χ2v) is 4.77. The second-order valence-electron chi connectivity index (χ2n) is 4.77. The van der Waals surface area contributed by atoms with E-state index in [0.29, 0.717) is 12.5 Å². The van der Waals surface area contributed by atoms with Crippen molar-refractivity contribution in [3.05, 3.63) is 0 Å². The molecule has 0 aromatic carbocycles. The van der Waals surface area contributed by atoms with Gasteiger partial charge >= 0.3 is 0 Å². The molecule has 18 heavy (non-hydrogen) atoms. The van der Waals surface area contributed by atoms with Gasteiger partial charge in [-0.25, -0.2) is 0 Å². The van der Waals surface area contributed by atoms with E-state index in [1.54, 1.807) is 0 Å². The van der Waals surface area contributed by atoms with Gasteiger partial charge in [-0.15, -0.1) is 12.4 Å². The number of hydrogen-bond donors (Lipinski definition) is 3. The number of ether oxygens (including phenoxy) is 1. The van der Waals surface area contributed by atoms with Crippen molar-refractivity contribution in [2.75, 3.05) is 20.3 Å². The molecule has 2 atom stereocenters. The third kappa shape index (κ3) is 6.00. The standard InChI is InChI=1S/C12H24N2O3.ClH/c1-17-8-10(13)12(16)14-7-11(15)9-5-3-2-4-6-9;/h9-11,15H,2-8,13H2,1H3,(H,14,16);1H. The number of aliphatic hydroxyl groups excluding tert-OH is 1. The van der Waals surface area contributed by atoms with Gasteiger partial charge < -0.3 is 20.9 Å². The molecule has 0 aromatic rings. The van der Waals surface area contributed by atoms with Gasteiger partial charge in [0, 0.05) is 13.7 Å². The molecular formula is C12H25ClN2O3. The van der Waals surface area contributed by atoms with Gasteiger partial charge in [-0.2, -0.15) is 0 Å². The first kappa shape index (κ1) is 17.6. The Morgan fingerprint density at radius 2 is 2.06 bits per heavy atom. The van der Waals surface area contributed by atoms with Crippen molar-refractivity contribution < 1.29 is 14.6 Å². The van der Waals surface area contributed by atoms with Crippen LogP contribution in [0.15, 0.2) is 0 Å². The van der Waals surface area contributed by atoms with E-state index in [0.717, 1.165) is 12.8 Å². The summed E-state index contributed by atoms with van der Waals surface area (Å²) < 4.78 is 4.80. The lowest BCUT2D eigenvalue weighted by atomic mass is 9.85. The fraction of sp³-hybridized carbons (Fsp3) is 0.917. The SMILES string of the molecule is COCC(N)C(=O)NCC(O)C1CCCCC1.Cl. The fourth-order valence-corrected chi connectivity index (χ4v) is 2.28. The maximum Gasteiger partial charge on any atom is 0.239 e. The molecular weight excluding hydrogens is 256 g/mol. The van der Waals surface area contributed by atoms with Crippen molar-refractivity contribution in [3.8, 4) is 0 Å². The molecule has 6 heteroatoms. The Morgan fingerprint density at radius 3 is 2.61 bits per heavy atom. The summed E-state index contributed by atoms with van der Waals surface area (Å²) in [5, 5.41) is 12.6. The number of hydrogen-bond acceptors (Lipinski definition) is 4. The van der Waals surface area contributed by atoms with Crippen LogP contribution in [0.1, 0.15) is 32.1 Å². The maximum atomic E-state index is 11.5. The first-order valence-corrected chi connectivity index (χ1v) is 6.35. The molecule has 0 spiro atoms. The first-order chi connectivity index (χ1) is 8.15. The summed E-state index contributed by atoms with van der Waals surface area (Å²) in [5.74, 6) is 0.0596. The average molecular weight is 281 g/mol. The molecule has 0 aromatic heterocycles. The Bertz CT molecular complexity index is 235. The van der Waals surface area contributed by atoms with E-state index in [4.69, 9.17) is 10.5 Å². The molecule has 108 valence electrons. The minimum Gasteiger partial charge on any atom is -0.391 e. The molecule has 1 rings (SSSR count). The van der Waals surface area contributed by atoms with Crippen molar-refractivity contribution in [1.29, 1.82) is 0 Å². The second kappa shape index (κ2) is 9.55. The minimum absolute atomic E-state index is 0. The summed E-state index contributed by atoms with van der Waals surface area (Å²) in [6, 6.07) is -0.654. The number of rotatable bonds is 6. The van der Waals surface area contributed by atoms with E-state index in [-0.39, 0.29) is 24.9 Å². The van der Waals surface area contributed by atoms with Crippen LogP contribution in [0, 0.1) is 5.92 Å². The maximum absolute atomic E-state index is 11.5. The number of nitrogens with one attached hydrogen (secondary N) is 1. The van der Waals surface area contributed by atoms with E-state index in [2.05, 4.69) is 5.32 Å². The lowest BCUT2D eigenvalue weighted by Crippen LogP contribution is -2.46. The predicted octanol–water partition coefficient (Wildman–Crippen LogP) is 0.439. The van der Waals surface area contributed by atoms with Crippen molar-refractivity contribution in [2.45, 2.75) is 44.2 Å². The van der Waals surface area contributed by atoms with Crippen LogP contribution in [0.25, 0.3) is 0 Å². The molecule has 0 radical (unpaired) electrons. The largest absolute Gasteiger partial charge is 0.391 e. The smallest absolute Gasteiger partial charge is 0.239 e. The van der Waals surface area contributed by atoms with Crippen molar-refractivity contribution in [1.82, 2.24) is 5.32 Å². The normalized spacial score (nSPS) is 19.7. The summed E-state index contributed by atoms with van der Waals surface area (Å²) >= 11 is 0. The van der Waals surface area contributed by atoms with Gasteiger partial charge in [-0.05, 0) is 18.8 Å². The summed E-state index contributed by atoms with van der Waals surface area (Å²) in [5.41, 5.74) is 5.57. The topological polar surface area (TPSA) is 84.6 Å².